The molecule has 2 N–H and O–H groups in total. The zero-order valence-corrected chi connectivity index (χ0v) is 15.0. The van der Waals surface area contributed by atoms with Crippen LogP contribution in [-0.2, 0) is 10.1 Å². The average Bonchev–Trinajstić information content (AvgIpc) is 2.25. The Labute approximate surface area is 119 Å². The fourth-order valence-electron chi connectivity index (χ4n) is 1.32. The second kappa shape index (κ2) is 8.04. The van der Waals surface area contributed by atoms with Gasteiger partial charge in [-0.15, -0.1) is 0 Å². The van der Waals surface area contributed by atoms with Gasteiger partial charge in [-0.3, -0.25) is 4.55 Å². The van der Waals surface area contributed by atoms with Gasteiger partial charge in [0.2, 0.25) is 0 Å². The van der Waals surface area contributed by atoms with E-state index < -0.39 is 23.4 Å². The Hall–Kier alpha value is -0.367. The molecule has 0 saturated heterocycles. The van der Waals surface area contributed by atoms with Gasteiger partial charge in [0.15, 0.2) is 0 Å². The summed E-state index contributed by atoms with van der Waals surface area (Å²) in [5, 5.41) is 9.76. The maximum absolute atomic E-state index is 10.5. The van der Waals surface area contributed by atoms with E-state index >= 15 is 0 Å². The summed E-state index contributed by atoms with van der Waals surface area (Å²) in [5.41, 5.74) is 0.956. The molecule has 0 heterocycles. The summed E-state index contributed by atoms with van der Waals surface area (Å²) in [4.78, 5) is -0.0666. The minimum absolute atomic E-state index is 0.0666. The third-order valence-corrected chi connectivity index (χ3v) is 7.16. The first-order valence-electron chi connectivity index (χ1n) is 6.21. The number of rotatable bonds is 4. The first-order chi connectivity index (χ1) is 8.56. The minimum atomic E-state index is -4.02. The number of hydrogen-bond acceptors (Lipinski definition) is 3. The van der Waals surface area contributed by atoms with Crippen LogP contribution >= 0.6 is 0 Å². The summed E-state index contributed by atoms with van der Waals surface area (Å²) in [6, 6.07) is 5.99. The Balaban J connectivity index is 0.000000362. The summed E-state index contributed by atoms with van der Waals surface area (Å²) < 4.78 is 29.6. The molecule has 0 unspecified atom stereocenters. The zero-order valence-electron chi connectivity index (χ0n) is 12.0. The van der Waals surface area contributed by atoms with E-state index in [1.54, 1.807) is 12.1 Å². The molecule has 0 aliphatic heterocycles. The Morgan fingerprint density at radius 1 is 1.11 bits per heavy atom. The molecule has 0 radical (unpaired) electrons. The normalized spacial score (nSPS) is 11.7. The molecule has 6 heteroatoms. The third kappa shape index (κ3) is 10.1. The van der Waals surface area contributed by atoms with Gasteiger partial charge in [-0.25, -0.2) is 0 Å². The first-order valence-corrected chi connectivity index (χ1v) is 15.4. The molecule has 1 rings (SSSR count). The molecular formula is C13H24GeO4S. The monoisotopic (exact) mass is 350 g/mol. The van der Waals surface area contributed by atoms with Crippen LogP contribution in [0.3, 0.4) is 0 Å². The Morgan fingerprint density at radius 2 is 1.58 bits per heavy atom. The second-order valence-electron chi connectivity index (χ2n) is 5.68. The van der Waals surface area contributed by atoms with Crippen molar-refractivity contribution >= 4 is 23.4 Å². The van der Waals surface area contributed by atoms with Crippen molar-refractivity contribution in [3.63, 3.8) is 0 Å². The molecule has 0 fully saturated rings. The number of aliphatic hydroxyl groups is 1. The van der Waals surface area contributed by atoms with E-state index in [9.17, 15) is 8.42 Å². The van der Waals surface area contributed by atoms with Crippen molar-refractivity contribution in [3.8, 4) is 0 Å². The summed E-state index contributed by atoms with van der Waals surface area (Å²) in [5.74, 6) is 7.11. The van der Waals surface area contributed by atoms with E-state index in [4.69, 9.17) is 9.66 Å². The fraction of sp³-hybridized carbons (Fsp3) is 0.538. The van der Waals surface area contributed by atoms with Gasteiger partial charge >= 0.3 is 53.9 Å². The summed E-state index contributed by atoms with van der Waals surface area (Å²) in [6.45, 7) is 2.22. The second-order valence-corrected chi connectivity index (χ2v) is 18.9. The van der Waals surface area contributed by atoms with Crippen molar-refractivity contribution in [2.45, 2.75) is 40.8 Å². The maximum atomic E-state index is 10.5. The topological polar surface area (TPSA) is 74.6 Å². The molecule has 0 aliphatic carbocycles. The molecule has 0 spiro atoms. The van der Waals surface area contributed by atoms with E-state index in [1.165, 1.54) is 17.4 Å². The number of benzene rings is 1. The van der Waals surface area contributed by atoms with Gasteiger partial charge in [0.1, 0.15) is 0 Å². The molecule has 4 nitrogen and oxygen atoms in total. The number of aryl methyl sites for hydroxylation is 1. The Bertz CT molecular complexity index is 460. The molecule has 0 saturated carbocycles. The first kappa shape index (κ1) is 18.6. The van der Waals surface area contributed by atoms with Crippen molar-refractivity contribution < 1.29 is 18.1 Å². The molecule has 0 atom stereocenters. The third-order valence-electron chi connectivity index (χ3n) is 2.40. The van der Waals surface area contributed by atoms with Crippen LogP contribution < -0.4 is 0 Å². The van der Waals surface area contributed by atoms with Gasteiger partial charge < -0.3 is 0 Å². The predicted molar refractivity (Wildman–Crippen MR) is 80.8 cm³/mol. The van der Waals surface area contributed by atoms with E-state index in [1.807, 2.05) is 6.92 Å². The molecule has 19 heavy (non-hydrogen) atoms. The van der Waals surface area contributed by atoms with Gasteiger partial charge in [-0.1, -0.05) is 17.7 Å². The van der Waals surface area contributed by atoms with E-state index in [0.717, 1.165) is 12.0 Å². The zero-order chi connectivity index (χ0) is 15.1. The van der Waals surface area contributed by atoms with Gasteiger partial charge in [0.05, 0.1) is 4.90 Å². The quantitative estimate of drug-likeness (QED) is 0.648. The Morgan fingerprint density at radius 3 is 1.84 bits per heavy atom. The Kier molecular flexibility index (Phi) is 7.88. The van der Waals surface area contributed by atoms with Gasteiger partial charge in [0, 0.05) is 0 Å². The summed E-state index contributed by atoms with van der Waals surface area (Å²) >= 11 is -1.27. The standard InChI is InChI=1S/C7H8O3S.C6H16GeO/c1-6-2-4-7(5-3-6)11(8,9)10;1-7(2,3)5-4-6-8/h2-5H,1H3,(H,8,9,10);8H,4-6H2,1-3H3. The summed E-state index contributed by atoms with van der Waals surface area (Å²) in [6.07, 6.45) is 1.02. The van der Waals surface area contributed by atoms with Crippen molar-refractivity contribution in [2.24, 2.45) is 0 Å². The van der Waals surface area contributed by atoms with Crippen LogP contribution in [0.4, 0.5) is 0 Å². The molecule has 0 bridgehead atoms. The van der Waals surface area contributed by atoms with Gasteiger partial charge in [-0.05, 0) is 19.1 Å². The molecule has 0 aromatic heterocycles. The van der Waals surface area contributed by atoms with E-state index in [2.05, 4.69) is 17.3 Å². The number of aliphatic hydroxyl groups excluding tert-OH is 1. The summed E-state index contributed by atoms with van der Waals surface area (Å²) in [7, 11) is -4.02. The van der Waals surface area contributed by atoms with Crippen molar-refractivity contribution in [3.05, 3.63) is 29.8 Å². The van der Waals surface area contributed by atoms with Crippen LogP contribution in [0, 0.1) is 6.92 Å². The average molecular weight is 349 g/mol. The van der Waals surface area contributed by atoms with Crippen LogP contribution in [0.25, 0.3) is 0 Å². The SMILES string of the molecule is Cc1ccc(S(=O)(=O)O)cc1.[CH3][Ge]([CH3])([CH3])[CH2]CCO. The number of hydrogen-bond donors (Lipinski definition) is 2. The molecule has 1 aromatic carbocycles. The van der Waals surface area contributed by atoms with Crippen LogP contribution in [0.1, 0.15) is 12.0 Å². The van der Waals surface area contributed by atoms with Crippen molar-refractivity contribution in [1.29, 1.82) is 0 Å². The van der Waals surface area contributed by atoms with Gasteiger partial charge in [-0.2, -0.15) is 8.42 Å². The molecule has 0 aliphatic rings. The van der Waals surface area contributed by atoms with Crippen molar-refractivity contribution in [2.75, 3.05) is 6.61 Å². The fourth-order valence-corrected chi connectivity index (χ4v) is 4.36. The van der Waals surface area contributed by atoms with Gasteiger partial charge in [0.25, 0.3) is 10.1 Å². The van der Waals surface area contributed by atoms with E-state index in [-0.39, 0.29) is 4.90 Å². The van der Waals surface area contributed by atoms with Crippen molar-refractivity contribution in [1.82, 2.24) is 0 Å². The van der Waals surface area contributed by atoms with E-state index in [0.29, 0.717) is 6.61 Å². The van der Waals surface area contributed by atoms with Crippen LogP contribution in [0.5, 0.6) is 0 Å². The molecule has 110 valence electrons. The van der Waals surface area contributed by atoms with Crippen LogP contribution in [0.2, 0.25) is 22.5 Å². The molecular weight excluding hydrogens is 325 g/mol. The predicted octanol–water partition coefficient (Wildman–Crippen LogP) is 2.95. The van der Waals surface area contributed by atoms with Crippen LogP contribution in [0.15, 0.2) is 29.2 Å². The van der Waals surface area contributed by atoms with Crippen LogP contribution in [-0.4, -0.2) is 38.0 Å². The molecule has 1 aromatic rings. The molecule has 0 amide bonds.